The Bertz CT molecular complexity index is 800. The van der Waals surface area contributed by atoms with Crippen molar-refractivity contribution in [1.82, 2.24) is 4.98 Å². The van der Waals surface area contributed by atoms with Crippen molar-refractivity contribution in [3.8, 4) is 17.6 Å². The molecule has 2 aromatic rings. The molecule has 0 saturated carbocycles. The molecule has 0 saturated heterocycles. The van der Waals surface area contributed by atoms with Crippen LogP contribution < -0.4 is 9.47 Å². The molecular formula is C19H18N2O2S. The van der Waals surface area contributed by atoms with E-state index in [0.717, 1.165) is 40.8 Å². The summed E-state index contributed by atoms with van der Waals surface area (Å²) in [6.45, 7) is 0.525. The van der Waals surface area contributed by atoms with E-state index in [1.165, 1.54) is 18.4 Å². The SMILES string of the molecule is N#Cc1cc2c(nc1SC[C@@H]1COc3ccccc3O1)CCCC2. The molecule has 1 aromatic carbocycles. The van der Waals surface area contributed by atoms with Crippen molar-refractivity contribution < 1.29 is 9.47 Å². The predicted octanol–water partition coefficient (Wildman–Crippen LogP) is 3.76. The first-order valence-corrected chi connectivity index (χ1v) is 9.26. The fourth-order valence-electron chi connectivity index (χ4n) is 3.12. The fraction of sp³-hybridized carbons (Fsp3) is 0.368. The van der Waals surface area contributed by atoms with Crippen LogP contribution in [0.1, 0.15) is 29.7 Å². The number of benzene rings is 1. The second-order valence-electron chi connectivity index (χ2n) is 6.07. The molecule has 4 rings (SSSR count). The largest absolute Gasteiger partial charge is 0.486 e. The van der Waals surface area contributed by atoms with Gasteiger partial charge in [-0.1, -0.05) is 12.1 Å². The highest BCUT2D eigenvalue weighted by molar-refractivity contribution is 7.99. The number of rotatable bonds is 3. The van der Waals surface area contributed by atoms with Crippen LogP contribution in [0.5, 0.6) is 11.5 Å². The van der Waals surface area contributed by atoms with Crippen LogP contribution in [0.2, 0.25) is 0 Å². The summed E-state index contributed by atoms with van der Waals surface area (Å²) in [5.74, 6) is 2.30. The zero-order valence-electron chi connectivity index (χ0n) is 13.3. The molecule has 0 amide bonds. The van der Waals surface area contributed by atoms with Crippen molar-refractivity contribution in [2.45, 2.75) is 36.8 Å². The van der Waals surface area contributed by atoms with E-state index in [9.17, 15) is 5.26 Å². The Hall–Kier alpha value is -2.19. The normalized spacial score (nSPS) is 18.5. The number of fused-ring (bicyclic) bond motifs is 2. The van der Waals surface area contributed by atoms with Gasteiger partial charge in [-0.25, -0.2) is 4.98 Å². The van der Waals surface area contributed by atoms with Crippen molar-refractivity contribution >= 4 is 11.8 Å². The van der Waals surface area contributed by atoms with Crippen molar-refractivity contribution in [3.05, 3.63) is 47.2 Å². The molecule has 1 aromatic heterocycles. The molecule has 4 nitrogen and oxygen atoms in total. The highest BCUT2D eigenvalue weighted by Gasteiger charge is 2.22. The van der Waals surface area contributed by atoms with Gasteiger partial charge in [0.05, 0.1) is 5.56 Å². The maximum atomic E-state index is 9.43. The Labute approximate surface area is 145 Å². The second-order valence-corrected chi connectivity index (χ2v) is 7.08. The highest BCUT2D eigenvalue weighted by atomic mass is 32.2. The van der Waals surface area contributed by atoms with Gasteiger partial charge in [0.1, 0.15) is 23.8 Å². The van der Waals surface area contributed by atoms with E-state index in [-0.39, 0.29) is 6.10 Å². The van der Waals surface area contributed by atoms with Crippen LogP contribution in [-0.2, 0) is 12.8 Å². The molecule has 0 unspecified atom stereocenters. The van der Waals surface area contributed by atoms with Crippen LogP contribution in [0.3, 0.4) is 0 Å². The number of aryl methyl sites for hydroxylation is 2. The number of hydrogen-bond acceptors (Lipinski definition) is 5. The van der Waals surface area contributed by atoms with Crippen molar-refractivity contribution in [1.29, 1.82) is 5.26 Å². The third-order valence-electron chi connectivity index (χ3n) is 4.36. The monoisotopic (exact) mass is 338 g/mol. The number of pyridine rings is 1. The van der Waals surface area contributed by atoms with E-state index in [4.69, 9.17) is 14.5 Å². The van der Waals surface area contributed by atoms with Crippen LogP contribution in [0, 0.1) is 11.3 Å². The molecule has 5 heteroatoms. The van der Waals surface area contributed by atoms with Crippen molar-refractivity contribution in [3.63, 3.8) is 0 Å². The highest BCUT2D eigenvalue weighted by Crippen LogP contribution is 2.33. The van der Waals surface area contributed by atoms with Gasteiger partial charge in [0.25, 0.3) is 0 Å². The topological polar surface area (TPSA) is 55.1 Å². The van der Waals surface area contributed by atoms with E-state index < -0.39 is 0 Å². The van der Waals surface area contributed by atoms with Crippen molar-refractivity contribution in [2.75, 3.05) is 12.4 Å². The molecule has 2 heterocycles. The lowest BCUT2D eigenvalue weighted by atomic mass is 9.95. The molecule has 0 radical (unpaired) electrons. The van der Waals surface area contributed by atoms with Gasteiger partial charge in [-0.05, 0) is 49.4 Å². The van der Waals surface area contributed by atoms with Gasteiger partial charge < -0.3 is 9.47 Å². The van der Waals surface area contributed by atoms with Gasteiger partial charge in [-0.2, -0.15) is 5.26 Å². The summed E-state index contributed by atoms with van der Waals surface area (Å²) < 4.78 is 11.7. The maximum Gasteiger partial charge on any atom is 0.161 e. The molecule has 0 N–H and O–H groups in total. The van der Waals surface area contributed by atoms with E-state index in [1.54, 1.807) is 11.8 Å². The van der Waals surface area contributed by atoms with Crippen LogP contribution in [0.25, 0.3) is 0 Å². The molecule has 0 spiro atoms. The van der Waals surface area contributed by atoms with Crippen LogP contribution >= 0.6 is 11.8 Å². The number of ether oxygens (including phenoxy) is 2. The summed E-state index contributed by atoms with van der Waals surface area (Å²) in [6, 6.07) is 12.0. The minimum atomic E-state index is -0.0331. The zero-order chi connectivity index (χ0) is 16.4. The third-order valence-corrected chi connectivity index (χ3v) is 5.48. The van der Waals surface area contributed by atoms with E-state index in [0.29, 0.717) is 12.2 Å². The molecule has 1 aliphatic carbocycles. The average molecular weight is 338 g/mol. The number of para-hydroxylation sites is 2. The number of nitriles is 1. The average Bonchev–Trinajstić information content (AvgIpc) is 2.65. The first-order chi connectivity index (χ1) is 11.8. The minimum Gasteiger partial charge on any atom is -0.486 e. The zero-order valence-corrected chi connectivity index (χ0v) is 14.1. The number of thioether (sulfide) groups is 1. The van der Waals surface area contributed by atoms with Gasteiger partial charge in [0, 0.05) is 11.4 Å². The molecular weight excluding hydrogens is 320 g/mol. The standard InChI is InChI=1S/C19H18N2O2S/c20-10-14-9-13-5-1-2-6-16(13)21-19(14)24-12-15-11-22-17-7-3-4-8-18(17)23-15/h3-4,7-9,15H,1-2,5-6,11-12H2/t15-/m0/s1. The maximum absolute atomic E-state index is 9.43. The van der Waals surface area contributed by atoms with Crippen molar-refractivity contribution in [2.24, 2.45) is 0 Å². The fourth-order valence-corrected chi connectivity index (χ4v) is 4.06. The third kappa shape index (κ3) is 3.07. The van der Waals surface area contributed by atoms with Gasteiger partial charge in [0.15, 0.2) is 11.5 Å². The Morgan fingerprint density at radius 1 is 1.21 bits per heavy atom. The lowest BCUT2D eigenvalue weighted by Gasteiger charge is -2.26. The lowest BCUT2D eigenvalue weighted by molar-refractivity contribution is 0.107. The molecule has 1 aliphatic heterocycles. The summed E-state index contributed by atoms with van der Waals surface area (Å²) in [5.41, 5.74) is 3.08. The van der Waals surface area contributed by atoms with Gasteiger partial charge >= 0.3 is 0 Å². The number of hydrogen-bond donors (Lipinski definition) is 0. The second kappa shape index (κ2) is 6.74. The minimum absolute atomic E-state index is 0.0331. The quantitative estimate of drug-likeness (QED) is 0.798. The van der Waals surface area contributed by atoms with Gasteiger partial charge in [0.2, 0.25) is 0 Å². The lowest BCUT2D eigenvalue weighted by Crippen LogP contribution is -2.31. The first-order valence-electron chi connectivity index (χ1n) is 8.27. The summed E-state index contributed by atoms with van der Waals surface area (Å²) in [7, 11) is 0. The molecule has 2 aliphatic rings. The number of nitrogens with zero attached hydrogens (tertiary/aromatic N) is 2. The van der Waals surface area contributed by atoms with E-state index >= 15 is 0 Å². The van der Waals surface area contributed by atoms with Crippen LogP contribution in [0.15, 0.2) is 35.4 Å². The van der Waals surface area contributed by atoms with Gasteiger partial charge in [-0.3, -0.25) is 0 Å². The molecule has 24 heavy (non-hydrogen) atoms. The number of aromatic nitrogens is 1. The smallest absolute Gasteiger partial charge is 0.161 e. The van der Waals surface area contributed by atoms with Crippen LogP contribution in [-0.4, -0.2) is 23.4 Å². The predicted molar refractivity (Wildman–Crippen MR) is 92.7 cm³/mol. The summed E-state index contributed by atoms with van der Waals surface area (Å²) >= 11 is 1.59. The Morgan fingerprint density at radius 2 is 2.04 bits per heavy atom. The molecule has 0 bridgehead atoms. The Morgan fingerprint density at radius 3 is 2.92 bits per heavy atom. The Kier molecular flexibility index (Phi) is 4.31. The van der Waals surface area contributed by atoms with Crippen LogP contribution in [0.4, 0.5) is 0 Å². The molecule has 122 valence electrons. The first kappa shape index (κ1) is 15.3. The van der Waals surface area contributed by atoms with E-state index in [1.807, 2.05) is 30.3 Å². The molecule has 1 atom stereocenters. The summed E-state index contributed by atoms with van der Waals surface area (Å²) in [5, 5.41) is 10.2. The summed E-state index contributed by atoms with van der Waals surface area (Å²) in [4.78, 5) is 4.76. The van der Waals surface area contributed by atoms with E-state index in [2.05, 4.69) is 6.07 Å². The Balaban J connectivity index is 1.47. The summed E-state index contributed by atoms with van der Waals surface area (Å²) in [6.07, 6.45) is 4.41. The molecule has 0 fully saturated rings. The van der Waals surface area contributed by atoms with Gasteiger partial charge in [-0.15, -0.1) is 11.8 Å².